The molecule has 0 aliphatic rings. The van der Waals surface area contributed by atoms with Crippen molar-refractivity contribution in [2.24, 2.45) is 0 Å². The summed E-state index contributed by atoms with van der Waals surface area (Å²) in [6, 6.07) is 5.53. The molecule has 1 amide bonds. The second-order valence-electron chi connectivity index (χ2n) is 5.13. The first-order chi connectivity index (χ1) is 11.0. The van der Waals surface area contributed by atoms with Gasteiger partial charge in [0.25, 0.3) is 5.91 Å². The van der Waals surface area contributed by atoms with Crippen LogP contribution in [-0.2, 0) is 13.0 Å². The number of aliphatic hydroxyl groups is 1. The van der Waals surface area contributed by atoms with E-state index in [1.807, 2.05) is 12.1 Å². The molecule has 0 spiro atoms. The van der Waals surface area contributed by atoms with Crippen molar-refractivity contribution in [3.63, 3.8) is 0 Å². The van der Waals surface area contributed by atoms with Crippen LogP contribution in [0.25, 0.3) is 0 Å². The molecule has 0 radical (unpaired) electrons. The lowest BCUT2D eigenvalue weighted by Crippen LogP contribution is -2.21. The lowest BCUT2D eigenvalue weighted by molar-refractivity contribution is 0.0950. The molecule has 1 aromatic carbocycles. The van der Waals surface area contributed by atoms with Gasteiger partial charge in [0.1, 0.15) is 6.33 Å². The zero-order chi connectivity index (χ0) is 16.8. The minimum Gasteiger partial charge on any atom is -0.391 e. The number of aliphatic hydroxyl groups excluding tert-OH is 1. The maximum atomic E-state index is 11.4. The number of rotatable bonds is 7. The van der Waals surface area contributed by atoms with Gasteiger partial charge in [-0.1, -0.05) is 35.3 Å². The molecule has 0 bridgehead atoms. The first-order valence-corrected chi connectivity index (χ1v) is 7.99. The Morgan fingerprint density at radius 2 is 2.22 bits per heavy atom. The molecule has 8 heteroatoms. The smallest absolute Gasteiger partial charge is 0.290 e. The Hall–Kier alpha value is -1.63. The zero-order valence-electron chi connectivity index (χ0n) is 12.7. The van der Waals surface area contributed by atoms with Gasteiger partial charge in [0.05, 0.1) is 22.7 Å². The number of hydrogen-bond acceptors (Lipinski definition) is 4. The molecule has 0 aliphatic heterocycles. The highest BCUT2D eigenvalue weighted by molar-refractivity contribution is 6.42. The van der Waals surface area contributed by atoms with E-state index in [1.165, 1.54) is 18.1 Å². The predicted octanol–water partition coefficient (Wildman–Crippen LogP) is 2.33. The fraction of sp³-hybridized carbons (Fsp3) is 0.400. The lowest BCUT2D eigenvalue weighted by Gasteiger charge is -2.11. The molecule has 0 saturated carbocycles. The van der Waals surface area contributed by atoms with Crippen molar-refractivity contribution in [2.45, 2.75) is 31.9 Å². The number of amides is 1. The fourth-order valence-electron chi connectivity index (χ4n) is 2.18. The normalized spacial score (nSPS) is 12.2. The number of carbonyl (C=O) groups is 1. The Balaban J connectivity index is 1.81. The molecule has 0 aliphatic carbocycles. The van der Waals surface area contributed by atoms with Gasteiger partial charge in [-0.15, -0.1) is 5.10 Å². The number of nitrogens with zero attached hydrogens (tertiary/aromatic N) is 3. The van der Waals surface area contributed by atoms with Crippen LogP contribution in [0.1, 0.15) is 29.0 Å². The maximum absolute atomic E-state index is 11.4. The average molecular weight is 357 g/mol. The summed E-state index contributed by atoms with van der Waals surface area (Å²) < 4.78 is 1.46. The minimum atomic E-state index is -0.577. The molecule has 0 saturated heterocycles. The van der Waals surface area contributed by atoms with E-state index >= 15 is 0 Å². The number of benzene rings is 1. The van der Waals surface area contributed by atoms with Crippen molar-refractivity contribution in [2.75, 3.05) is 7.05 Å². The topological polar surface area (TPSA) is 80.0 Å². The Labute approximate surface area is 144 Å². The molecule has 0 fully saturated rings. The van der Waals surface area contributed by atoms with Gasteiger partial charge in [0.15, 0.2) is 0 Å². The summed E-state index contributed by atoms with van der Waals surface area (Å²) in [5, 5.41) is 17.6. The highest BCUT2D eigenvalue weighted by atomic mass is 35.5. The number of carbonyl (C=O) groups excluding carboxylic acids is 1. The summed E-state index contributed by atoms with van der Waals surface area (Å²) in [6.07, 6.45) is 2.93. The van der Waals surface area contributed by atoms with Crippen molar-refractivity contribution in [1.82, 2.24) is 20.1 Å². The summed E-state index contributed by atoms with van der Waals surface area (Å²) in [5.74, 6) is -0.265. The summed E-state index contributed by atoms with van der Waals surface area (Å²) in [6.45, 7) is 0.285. The molecule has 23 heavy (non-hydrogen) atoms. The second kappa shape index (κ2) is 8.29. The van der Waals surface area contributed by atoms with Crippen LogP contribution in [0.3, 0.4) is 0 Å². The lowest BCUT2D eigenvalue weighted by atomic mass is 10.1. The standard InChI is InChI=1S/C15H18Cl2N4O2/c1-18-15(23)14-19-9-21(20-14)8-11(22)6-2-4-10-5-3-7-12(16)13(10)17/h3,5,7,9,11,22H,2,4,6,8H2,1H3,(H,18,23)/t11-/m0/s1. The van der Waals surface area contributed by atoms with Crippen molar-refractivity contribution in [3.05, 3.63) is 46.0 Å². The van der Waals surface area contributed by atoms with Gasteiger partial charge in [-0.25, -0.2) is 9.67 Å². The summed E-state index contributed by atoms with van der Waals surface area (Å²) >= 11 is 12.1. The maximum Gasteiger partial charge on any atom is 0.290 e. The van der Waals surface area contributed by atoms with Gasteiger partial charge < -0.3 is 10.4 Å². The summed E-state index contributed by atoms with van der Waals surface area (Å²) in [4.78, 5) is 15.3. The van der Waals surface area contributed by atoms with E-state index in [9.17, 15) is 9.90 Å². The molecular formula is C15H18Cl2N4O2. The van der Waals surface area contributed by atoms with Crippen LogP contribution >= 0.6 is 23.2 Å². The van der Waals surface area contributed by atoms with Crippen molar-refractivity contribution in [3.8, 4) is 0 Å². The molecule has 2 rings (SSSR count). The third-order valence-electron chi connectivity index (χ3n) is 3.38. The summed E-state index contributed by atoms with van der Waals surface area (Å²) in [7, 11) is 1.51. The van der Waals surface area contributed by atoms with Gasteiger partial charge in [0, 0.05) is 7.05 Å². The average Bonchev–Trinajstić information content (AvgIpc) is 2.99. The largest absolute Gasteiger partial charge is 0.391 e. The van der Waals surface area contributed by atoms with Crippen molar-refractivity contribution in [1.29, 1.82) is 0 Å². The molecule has 1 heterocycles. The van der Waals surface area contributed by atoms with Gasteiger partial charge in [-0.05, 0) is 30.9 Å². The predicted molar refractivity (Wildman–Crippen MR) is 88.8 cm³/mol. The monoisotopic (exact) mass is 356 g/mol. The van der Waals surface area contributed by atoms with E-state index in [-0.39, 0.29) is 18.3 Å². The molecule has 2 aromatic rings. The molecule has 124 valence electrons. The number of aromatic nitrogens is 3. The second-order valence-corrected chi connectivity index (χ2v) is 5.91. The Kier molecular flexibility index (Phi) is 6.38. The van der Waals surface area contributed by atoms with E-state index < -0.39 is 6.10 Å². The van der Waals surface area contributed by atoms with E-state index in [4.69, 9.17) is 23.2 Å². The van der Waals surface area contributed by atoms with Gasteiger partial charge in [0.2, 0.25) is 5.82 Å². The Morgan fingerprint density at radius 3 is 2.96 bits per heavy atom. The van der Waals surface area contributed by atoms with E-state index in [0.717, 1.165) is 18.4 Å². The fourth-order valence-corrected chi connectivity index (χ4v) is 2.59. The minimum absolute atomic E-state index is 0.0883. The number of halogens is 2. The van der Waals surface area contributed by atoms with Crippen molar-refractivity contribution >= 4 is 29.1 Å². The molecule has 1 aromatic heterocycles. The Morgan fingerprint density at radius 1 is 1.43 bits per heavy atom. The van der Waals surface area contributed by atoms with E-state index in [2.05, 4.69) is 15.4 Å². The number of aryl methyl sites for hydroxylation is 1. The van der Waals surface area contributed by atoms with E-state index in [1.54, 1.807) is 6.07 Å². The highest BCUT2D eigenvalue weighted by Crippen LogP contribution is 2.26. The quantitative estimate of drug-likeness (QED) is 0.797. The summed E-state index contributed by atoms with van der Waals surface area (Å²) in [5.41, 5.74) is 0.967. The van der Waals surface area contributed by atoms with Crippen LogP contribution in [0, 0.1) is 0 Å². The first-order valence-electron chi connectivity index (χ1n) is 7.23. The third-order valence-corrected chi connectivity index (χ3v) is 4.24. The van der Waals surface area contributed by atoms with Crippen LogP contribution in [0.4, 0.5) is 0 Å². The van der Waals surface area contributed by atoms with Crippen LogP contribution in [-0.4, -0.2) is 38.9 Å². The first kappa shape index (κ1) is 17.7. The molecule has 1 atom stereocenters. The van der Waals surface area contributed by atoms with E-state index in [0.29, 0.717) is 16.5 Å². The van der Waals surface area contributed by atoms with Crippen LogP contribution in [0.15, 0.2) is 24.5 Å². The SMILES string of the molecule is CNC(=O)c1ncn(C[C@@H](O)CCCc2cccc(Cl)c2Cl)n1. The van der Waals surface area contributed by atoms with Gasteiger partial charge >= 0.3 is 0 Å². The molecule has 6 nitrogen and oxygen atoms in total. The molecule has 0 unspecified atom stereocenters. The molecule has 2 N–H and O–H groups in total. The highest BCUT2D eigenvalue weighted by Gasteiger charge is 2.12. The number of hydrogen-bond donors (Lipinski definition) is 2. The zero-order valence-corrected chi connectivity index (χ0v) is 14.2. The van der Waals surface area contributed by atoms with Crippen LogP contribution in [0.2, 0.25) is 10.0 Å². The van der Waals surface area contributed by atoms with Gasteiger partial charge in [-0.2, -0.15) is 0 Å². The Bertz CT molecular complexity index is 675. The number of nitrogens with one attached hydrogen (secondary N) is 1. The van der Waals surface area contributed by atoms with Crippen LogP contribution < -0.4 is 5.32 Å². The molecular weight excluding hydrogens is 339 g/mol. The third kappa shape index (κ3) is 4.92. The van der Waals surface area contributed by atoms with Gasteiger partial charge in [-0.3, -0.25) is 4.79 Å². The van der Waals surface area contributed by atoms with Crippen LogP contribution in [0.5, 0.6) is 0 Å². The van der Waals surface area contributed by atoms with Crippen molar-refractivity contribution < 1.29 is 9.90 Å².